The van der Waals surface area contributed by atoms with E-state index in [1.54, 1.807) is 17.9 Å². The number of methoxy groups -OCH3 is 1. The second kappa shape index (κ2) is 13.8. The molecule has 1 saturated heterocycles. The Bertz CT molecular complexity index is 1720. The van der Waals surface area contributed by atoms with Gasteiger partial charge in [0.15, 0.2) is 0 Å². The Morgan fingerprint density at radius 2 is 1.78 bits per heavy atom. The first-order valence-corrected chi connectivity index (χ1v) is 15.9. The molecule has 1 aliphatic rings. The van der Waals surface area contributed by atoms with E-state index in [9.17, 15) is 9.59 Å². The van der Waals surface area contributed by atoms with Crippen molar-refractivity contribution in [3.63, 3.8) is 0 Å². The van der Waals surface area contributed by atoms with Crippen LogP contribution in [0.25, 0.3) is 22.2 Å². The second-order valence-corrected chi connectivity index (χ2v) is 13.0. The maximum atomic E-state index is 14.2. The number of piperazine rings is 1. The molecule has 45 heavy (non-hydrogen) atoms. The number of urea groups is 1. The van der Waals surface area contributed by atoms with Gasteiger partial charge in [-0.3, -0.25) is 14.3 Å². The van der Waals surface area contributed by atoms with Crippen LogP contribution in [0.3, 0.4) is 0 Å². The normalized spacial score (nSPS) is 14.4. The van der Waals surface area contributed by atoms with Gasteiger partial charge in [-0.1, -0.05) is 58.4 Å². The lowest BCUT2D eigenvalue weighted by molar-refractivity contribution is 0.148. The number of unbranched alkanes of at least 4 members (excludes halogenated alkanes) is 1. The van der Waals surface area contributed by atoms with Crippen LogP contribution in [0.2, 0.25) is 0 Å². The topological polar surface area (TPSA) is 91.7 Å². The summed E-state index contributed by atoms with van der Waals surface area (Å²) >= 11 is 0. The highest BCUT2D eigenvalue weighted by Gasteiger charge is 2.24. The number of hydrogen-bond acceptors (Lipinski definition) is 6. The van der Waals surface area contributed by atoms with E-state index in [1.165, 1.54) is 0 Å². The molecule has 0 aliphatic carbocycles. The van der Waals surface area contributed by atoms with Gasteiger partial charge in [0.25, 0.3) is 5.56 Å². The van der Waals surface area contributed by atoms with Crippen molar-refractivity contribution in [3.05, 3.63) is 82.3 Å². The van der Waals surface area contributed by atoms with E-state index in [-0.39, 0.29) is 16.7 Å². The molecule has 3 heterocycles. The molecule has 4 aromatic rings. The first-order valence-electron chi connectivity index (χ1n) is 15.9. The number of carbonyl (C=O) groups is 1. The quantitative estimate of drug-likeness (QED) is 0.223. The van der Waals surface area contributed by atoms with Gasteiger partial charge in [0, 0.05) is 62.1 Å². The number of rotatable bonds is 9. The molecule has 0 bridgehead atoms. The highest BCUT2D eigenvalue weighted by molar-refractivity contribution is 6.07. The van der Waals surface area contributed by atoms with Crippen LogP contribution in [-0.4, -0.2) is 65.7 Å². The number of nitrogens with one attached hydrogen (secondary N) is 2. The fourth-order valence-electron chi connectivity index (χ4n) is 5.98. The Labute approximate surface area is 266 Å². The zero-order valence-corrected chi connectivity index (χ0v) is 27.4. The maximum Gasteiger partial charge on any atom is 0.323 e. The van der Waals surface area contributed by atoms with Crippen LogP contribution in [0.1, 0.15) is 51.7 Å². The Balaban J connectivity index is 1.55. The van der Waals surface area contributed by atoms with E-state index >= 15 is 0 Å². The molecule has 1 aliphatic heterocycles. The number of aryl methyl sites for hydroxylation is 1. The molecule has 2 aromatic carbocycles. The number of aromatic nitrogens is 2. The van der Waals surface area contributed by atoms with Gasteiger partial charge in [0.1, 0.15) is 17.1 Å². The van der Waals surface area contributed by atoms with Crippen LogP contribution in [0.15, 0.2) is 65.6 Å². The van der Waals surface area contributed by atoms with Crippen LogP contribution in [0, 0.1) is 0 Å². The molecule has 238 valence electrons. The molecule has 2 aromatic heterocycles. The first-order chi connectivity index (χ1) is 21.6. The highest BCUT2D eigenvalue weighted by Crippen LogP contribution is 2.35. The maximum absolute atomic E-state index is 14.2. The predicted octanol–water partition coefficient (Wildman–Crippen LogP) is 6.56. The number of amides is 2. The lowest BCUT2D eigenvalue weighted by Crippen LogP contribution is -2.43. The average molecular weight is 611 g/mol. The summed E-state index contributed by atoms with van der Waals surface area (Å²) in [6.07, 6.45) is 3.43. The molecule has 9 nitrogen and oxygen atoms in total. The fraction of sp³-hybridized carbons (Fsp3) is 0.417. The van der Waals surface area contributed by atoms with E-state index < -0.39 is 6.03 Å². The van der Waals surface area contributed by atoms with Crippen molar-refractivity contribution in [3.8, 4) is 16.9 Å². The molecule has 1 fully saturated rings. The number of ether oxygens (including phenoxy) is 1. The predicted molar refractivity (Wildman–Crippen MR) is 183 cm³/mol. The molecule has 2 N–H and O–H groups in total. The van der Waals surface area contributed by atoms with Crippen molar-refractivity contribution in [1.82, 2.24) is 19.4 Å². The Kier molecular flexibility index (Phi) is 9.90. The van der Waals surface area contributed by atoms with Crippen LogP contribution < -0.4 is 20.9 Å². The molecule has 9 heteroatoms. The zero-order valence-electron chi connectivity index (χ0n) is 27.4. The van der Waals surface area contributed by atoms with E-state index in [0.29, 0.717) is 23.5 Å². The molecule has 2 amide bonds. The summed E-state index contributed by atoms with van der Waals surface area (Å²) in [6.45, 7) is 13.9. The van der Waals surface area contributed by atoms with Crippen molar-refractivity contribution < 1.29 is 9.53 Å². The molecular weight excluding hydrogens is 564 g/mol. The van der Waals surface area contributed by atoms with Crippen molar-refractivity contribution in [1.29, 1.82) is 0 Å². The SMILES string of the molecule is CCCCn1c(=O)c(NC(=O)Nc2cc(CN3CCN(C)CC3)ccc2C(C)(C)C)c(-c2cccc(OC)c2)c2cccnc21. The van der Waals surface area contributed by atoms with Crippen molar-refractivity contribution in [2.75, 3.05) is 51.0 Å². The monoisotopic (exact) mass is 610 g/mol. The van der Waals surface area contributed by atoms with Crippen molar-refractivity contribution in [2.45, 2.75) is 59.0 Å². The molecular formula is C36H46N6O3. The third kappa shape index (κ3) is 7.37. The number of hydrogen-bond donors (Lipinski definition) is 2. The molecule has 0 radical (unpaired) electrons. The molecule has 0 atom stereocenters. The van der Waals surface area contributed by atoms with Gasteiger partial charge in [-0.25, -0.2) is 9.78 Å². The zero-order chi connectivity index (χ0) is 32.1. The van der Waals surface area contributed by atoms with Gasteiger partial charge < -0.3 is 20.3 Å². The van der Waals surface area contributed by atoms with Crippen LogP contribution in [0.5, 0.6) is 5.75 Å². The Hall–Kier alpha value is -4.21. The summed E-state index contributed by atoms with van der Waals surface area (Å²) in [5, 5.41) is 6.89. The minimum Gasteiger partial charge on any atom is -0.497 e. The minimum absolute atomic E-state index is 0.206. The van der Waals surface area contributed by atoms with Crippen molar-refractivity contribution in [2.24, 2.45) is 0 Å². The lowest BCUT2D eigenvalue weighted by Gasteiger charge is -2.32. The van der Waals surface area contributed by atoms with Gasteiger partial charge in [0.05, 0.1) is 7.11 Å². The Morgan fingerprint density at radius 1 is 1.00 bits per heavy atom. The van der Waals surface area contributed by atoms with Gasteiger partial charge in [-0.05, 0) is 65.9 Å². The summed E-state index contributed by atoms with van der Waals surface area (Å²) in [6, 6.07) is 17.2. The third-order valence-corrected chi connectivity index (χ3v) is 8.50. The van der Waals surface area contributed by atoms with Gasteiger partial charge in [0.2, 0.25) is 0 Å². The van der Waals surface area contributed by atoms with Crippen molar-refractivity contribution >= 4 is 28.4 Å². The van der Waals surface area contributed by atoms with Crippen LogP contribution in [-0.2, 0) is 18.5 Å². The van der Waals surface area contributed by atoms with E-state index in [2.05, 4.69) is 78.4 Å². The standard InChI is InChI=1S/C36H46N6O3/c1-7-8-17-42-33-28(13-10-16-37-33)31(26-11-9-12-27(23-26)45-6)32(34(42)43)39-35(44)38-30-22-25(14-15-29(30)36(2,3)4)24-41-20-18-40(5)19-21-41/h9-16,22-23H,7-8,17-21,24H2,1-6H3,(H2,38,39,44). The van der Waals surface area contributed by atoms with E-state index in [0.717, 1.165) is 73.3 Å². The van der Waals surface area contributed by atoms with Gasteiger partial charge in [-0.15, -0.1) is 0 Å². The largest absolute Gasteiger partial charge is 0.497 e. The number of nitrogens with zero attached hydrogens (tertiary/aromatic N) is 4. The lowest BCUT2D eigenvalue weighted by atomic mass is 9.85. The van der Waals surface area contributed by atoms with Crippen LogP contribution >= 0.6 is 0 Å². The number of carbonyl (C=O) groups excluding carboxylic acids is 1. The first kappa shape index (κ1) is 32.2. The summed E-state index contributed by atoms with van der Waals surface area (Å²) in [4.78, 5) is 37.5. The summed E-state index contributed by atoms with van der Waals surface area (Å²) in [5.41, 5.74) is 4.58. The summed E-state index contributed by atoms with van der Waals surface area (Å²) in [5.74, 6) is 0.655. The highest BCUT2D eigenvalue weighted by atomic mass is 16.5. The summed E-state index contributed by atoms with van der Waals surface area (Å²) < 4.78 is 7.18. The molecule has 0 spiro atoms. The number of fused-ring (bicyclic) bond motifs is 1. The van der Waals surface area contributed by atoms with E-state index in [1.807, 2.05) is 36.4 Å². The molecule has 0 unspecified atom stereocenters. The van der Waals surface area contributed by atoms with Gasteiger partial charge >= 0.3 is 6.03 Å². The number of benzene rings is 2. The smallest absolute Gasteiger partial charge is 0.323 e. The second-order valence-electron chi connectivity index (χ2n) is 13.0. The summed E-state index contributed by atoms with van der Waals surface area (Å²) in [7, 11) is 3.76. The average Bonchev–Trinajstić information content (AvgIpc) is 3.02. The third-order valence-electron chi connectivity index (χ3n) is 8.50. The Morgan fingerprint density at radius 3 is 2.49 bits per heavy atom. The van der Waals surface area contributed by atoms with E-state index in [4.69, 9.17) is 4.74 Å². The minimum atomic E-state index is -0.469. The number of likely N-dealkylation sites (N-methyl/N-ethyl adjacent to an activating group) is 1. The van der Waals surface area contributed by atoms with Gasteiger partial charge in [-0.2, -0.15) is 0 Å². The molecule has 5 rings (SSSR count). The number of pyridine rings is 2. The molecule has 0 saturated carbocycles. The number of anilines is 2. The fourth-order valence-corrected chi connectivity index (χ4v) is 5.98. The van der Waals surface area contributed by atoms with Crippen LogP contribution in [0.4, 0.5) is 16.2 Å².